The quantitative estimate of drug-likeness (QED) is 0.562. The molecule has 0 saturated carbocycles. The second-order valence-corrected chi connectivity index (χ2v) is 8.49. The zero-order valence-corrected chi connectivity index (χ0v) is 18.7. The summed E-state index contributed by atoms with van der Waals surface area (Å²) in [5, 5.41) is 18.6. The van der Waals surface area contributed by atoms with Gasteiger partial charge in [-0.3, -0.25) is 14.6 Å². The topological polar surface area (TPSA) is 112 Å². The first-order chi connectivity index (χ1) is 15.9. The third kappa shape index (κ3) is 3.89. The van der Waals surface area contributed by atoms with E-state index in [1.807, 2.05) is 0 Å². The largest absolute Gasteiger partial charge is 0.339 e. The molecule has 170 valence electrons. The molecule has 1 fully saturated rings. The maximum atomic E-state index is 13.3. The number of carbonyl (C=O) groups is 1. The molecule has 9 nitrogen and oxygen atoms in total. The fraction of sp³-hybridized carbons (Fsp3) is 0.375. The predicted octanol–water partition coefficient (Wildman–Crippen LogP) is 3.03. The van der Waals surface area contributed by atoms with Gasteiger partial charge in [0.05, 0.1) is 28.9 Å². The van der Waals surface area contributed by atoms with Crippen LogP contribution in [-0.2, 0) is 0 Å². The van der Waals surface area contributed by atoms with Crippen molar-refractivity contribution in [2.24, 2.45) is 11.3 Å². The first kappa shape index (κ1) is 22.3. The summed E-state index contributed by atoms with van der Waals surface area (Å²) in [5.74, 6) is 0.303. The highest BCUT2D eigenvalue weighted by Crippen LogP contribution is 2.41. The van der Waals surface area contributed by atoms with Gasteiger partial charge >= 0.3 is 0 Å². The van der Waals surface area contributed by atoms with E-state index in [1.54, 1.807) is 42.3 Å². The van der Waals surface area contributed by atoms with Gasteiger partial charge in [0.15, 0.2) is 0 Å². The van der Waals surface area contributed by atoms with Crippen molar-refractivity contribution in [1.82, 2.24) is 29.3 Å². The second-order valence-electron chi connectivity index (χ2n) is 8.49. The summed E-state index contributed by atoms with van der Waals surface area (Å²) in [6, 6.07) is 5.92. The minimum atomic E-state index is -0.520. The molecule has 0 unspecified atom stereocenters. The normalized spacial score (nSPS) is 14.8. The van der Waals surface area contributed by atoms with Gasteiger partial charge in [-0.05, 0) is 50.7 Å². The predicted molar refractivity (Wildman–Crippen MR) is 124 cm³/mol. The molecule has 1 aliphatic rings. The molecule has 4 rings (SSSR count). The molecule has 0 bridgehead atoms. The molecule has 9 heteroatoms. The van der Waals surface area contributed by atoms with E-state index < -0.39 is 5.41 Å². The van der Waals surface area contributed by atoms with Crippen molar-refractivity contribution in [3.8, 4) is 12.0 Å². The number of fused-ring (bicyclic) bond motifs is 1. The highest BCUT2D eigenvalue weighted by molar-refractivity contribution is 5.95. The second kappa shape index (κ2) is 8.90. The molecular weight excluding hydrogens is 418 g/mol. The molecule has 0 aromatic carbocycles. The van der Waals surface area contributed by atoms with Crippen molar-refractivity contribution in [3.05, 3.63) is 71.4 Å². The van der Waals surface area contributed by atoms with Crippen LogP contribution in [0.4, 0.5) is 0 Å². The van der Waals surface area contributed by atoms with Crippen molar-refractivity contribution in [1.29, 1.82) is 5.26 Å². The van der Waals surface area contributed by atoms with Gasteiger partial charge in [0, 0.05) is 19.3 Å². The van der Waals surface area contributed by atoms with Crippen molar-refractivity contribution in [2.75, 3.05) is 13.1 Å². The Morgan fingerprint density at radius 2 is 2.03 bits per heavy atom. The fourth-order valence-electron chi connectivity index (χ4n) is 4.78. The molecule has 3 aromatic rings. The summed E-state index contributed by atoms with van der Waals surface area (Å²) in [6.07, 6.45) is 9.49. The molecule has 1 N–H and O–H groups in total. The van der Waals surface area contributed by atoms with Crippen molar-refractivity contribution < 1.29 is 4.79 Å². The molecule has 4 heterocycles. The number of aromatic nitrogens is 5. The highest BCUT2D eigenvalue weighted by Gasteiger charge is 2.39. The van der Waals surface area contributed by atoms with Crippen LogP contribution < -0.4 is 5.56 Å². The Bertz CT molecular complexity index is 1290. The number of rotatable bonds is 7. The zero-order chi connectivity index (χ0) is 23.6. The lowest BCUT2D eigenvalue weighted by Gasteiger charge is -2.40. The minimum absolute atomic E-state index is 0.114. The van der Waals surface area contributed by atoms with Crippen LogP contribution in [0.3, 0.4) is 0 Å². The van der Waals surface area contributed by atoms with E-state index in [2.05, 4.69) is 34.4 Å². The molecule has 0 spiro atoms. The lowest BCUT2D eigenvalue weighted by molar-refractivity contribution is 0.0614. The Hall–Kier alpha value is -3.93. The Kier molecular flexibility index (Phi) is 6.01. The number of hydrogen-bond acceptors (Lipinski definition) is 5. The summed E-state index contributed by atoms with van der Waals surface area (Å²) < 4.78 is 2.95. The van der Waals surface area contributed by atoms with E-state index in [1.165, 1.54) is 15.4 Å². The van der Waals surface area contributed by atoms with Gasteiger partial charge in [-0.15, -0.1) is 18.3 Å². The van der Waals surface area contributed by atoms with Gasteiger partial charge in [0.2, 0.25) is 5.95 Å². The molecule has 0 atom stereocenters. The van der Waals surface area contributed by atoms with E-state index >= 15 is 0 Å². The third-order valence-electron chi connectivity index (χ3n) is 6.63. The summed E-state index contributed by atoms with van der Waals surface area (Å²) >= 11 is 0. The Labute approximate surface area is 191 Å². The van der Waals surface area contributed by atoms with Crippen LogP contribution in [-0.4, -0.2) is 48.3 Å². The van der Waals surface area contributed by atoms with Crippen molar-refractivity contribution >= 4 is 11.4 Å². The smallest absolute Gasteiger partial charge is 0.276 e. The van der Waals surface area contributed by atoms with E-state index in [0.717, 1.165) is 12.8 Å². The first-order valence-electron chi connectivity index (χ1n) is 11.0. The minimum Gasteiger partial charge on any atom is -0.339 e. The lowest BCUT2D eigenvalue weighted by atomic mass is 9.68. The summed E-state index contributed by atoms with van der Waals surface area (Å²) in [7, 11) is 0. The number of allylic oxidation sites excluding steroid dienone is 2. The SMILES string of the molecule is C=CCC(C#N)(CC=C)C1CCN(C(=O)c2cnn(-c3nn4cccc4c(=O)[nH]3)c2C)CC1. The summed E-state index contributed by atoms with van der Waals surface area (Å²) in [4.78, 5) is 30.1. The summed E-state index contributed by atoms with van der Waals surface area (Å²) in [6.45, 7) is 10.6. The zero-order valence-electron chi connectivity index (χ0n) is 18.7. The van der Waals surface area contributed by atoms with Crippen LogP contribution in [0.1, 0.15) is 41.7 Å². The number of nitrogens with zero attached hydrogens (tertiary/aromatic N) is 6. The molecule has 1 amide bonds. The summed E-state index contributed by atoms with van der Waals surface area (Å²) in [5.41, 5.74) is 0.696. The fourth-order valence-corrected chi connectivity index (χ4v) is 4.78. The molecule has 3 aromatic heterocycles. The molecule has 1 aliphatic heterocycles. The van der Waals surface area contributed by atoms with Crippen LogP contribution in [0, 0.1) is 29.6 Å². The Morgan fingerprint density at radius 3 is 2.67 bits per heavy atom. The van der Waals surface area contributed by atoms with Gasteiger partial charge in [0.1, 0.15) is 5.52 Å². The Balaban J connectivity index is 1.52. The monoisotopic (exact) mass is 445 g/mol. The van der Waals surface area contributed by atoms with E-state index in [-0.39, 0.29) is 23.3 Å². The van der Waals surface area contributed by atoms with E-state index in [9.17, 15) is 14.9 Å². The van der Waals surface area contributed by atoms with Gasteiger partial charge in [0.25, 0.3) is 11.5 Å². The van der Waals surface area contributed by atoms with Crippen LogP contribution in [0.15, 0.2) is 54.6 Å². The number of amides is 1. The molecule has 33 heavy (non-hydrogen) atoms. The van der Waals surface area contributed by atoms with E-state index in [4.69, 9.17) is 0 Å². The average Bonchev–Trinajstić information content (AvgIpc) is 3.45. The lowest BCUT2D eigenvalue weighted by Crippen LogP contribution is -2.43. The van der Waals surface area contributed by atoms with Gasteiger partial charge in [-0.1, -0.05) is 12.2 Å². The number of nitriles is 1. The van der Waals surface area contributed by atoms with Gasteiger partial charge in [-0.25, -0.2) is 9.20 Å². The number of nitrogens with one attached hydrogen (secondary N) is 1. The van der Waals surface area contributed by atoms with Crippen LogP contribution in [0.2, 0.25) is 0 Å². The number of piperidine rings is 1. The van der Waals surface area contributed by atoms with Crippen LogP contribution >= 0.6 is 0 Å². The first-order valence-corrected chi connectivity index (χ1v) is 11.0. The standard InChI is InChI=1S/C24H27N7O2/c1-4-10-24(16-25,11-5-2)18-8-13-29(14-9-18)22(33)19-15-26-31(17(19)3)23-27-21(32)20-7-6-12-30(20)28-23/h4-7,12,15,18H,1-2,8-11,13-14H2,3H3,(H,27,28,32). The highest BCUT2D eigenvalue weighted by atomic mass is 16.2. The Morgan fingerprint density at radius 1 is 1.33 bits per heavy atom. The maximum Gasteiger partial charge on any atom is 0.276 e. The number of aromatic amines is 1. The number of carbonyl (C=O) groups excluding carboxylic acids is 1. The molecular formula is C24H27N7O2. The van der Waals surface area contributed by atoms with Crippen molar-refractivity contribution in [2.45, 2.75) is 32.6 Å². The number of hydrogen-bond donors (Lipinski definition) is 1. The number of H-pyrrole nitrogens is 1. The molecule has 0 aliphatic carbocycles. The molecule has 0 radical (unpaired) electrons. The molecule has 1 saturated heterocycles. The van der Waals surface area contributed by atoms with Gasteiger partial charge in [-0.2, -0.15) is 10.4 Å². The number of likely N-dealkylation sites (tertiary alicyclic amines) is 1. The maximum absolute atomic E-state index is 13.3. The van der Waals surface area contributed by atoms with Crippen molar-refractivity contribution in [3.63, 3.8) is 0 Å². The van der Waals surface area contributed by atoms with Gasteiger partial charge < -0.3 is 4.90 Å². The average molecular weight is 446 g/mol. The van der Waals surface area contributed by atoms with E-state index in [0.29, 0.717) is 42.7 Å². The van der Waals surface area contributed by atoms with Crippen LogP contribution in [0.25, 0.3) is 11.5 Å². The third-order valence-corrected chi connectivity index (χ3v) is 6.63. The van der Waals surface area contributed by atoms with Crippen LogP contribution in [0.5, 0.6) is 0 Å².